The van der Waals surface area contributed by atoms with Crippen molar-refractivity contribution in [1.29, 1.82) is 0 Å². The highest BCUT2D eigenvalue weighted by molar-refractivity contribution is 6.18. The number of aryl methyl sites for hydroxylation is 1. The first-order chi connectivity index (χ1) is 10.00. The van der Waals surface area contributed by atoms with Crippen molar-refractivity contribution in [2.75, 3.05) is 29.7 Å². The van der Waals surface area contributed by atoms with Gasteiger partial charge in [0.25, 0.3) is 0 Å². The monoisotopic (exact) mass is 330 g/mol. The Hall–Kier alpha value is -0.970. The Morgan fingerprint density at radius 3 is 2.52 bits per heavy atom. The SMILES string of the molecule is NC1(C(=O)O)CCc2cc(N(CCCl)CCCl)ccc2C1. The van der Waals surface area contributed by atoms with E-state index in [1.54, 1.807) is 0 Å². The van der Waals surface area contributed by atoms with Gasteiger partial charge in [-0.05, 0) is 36.1 Å². The van der Waals surface area contributed by atoms with Crippen LogP contribution in [-0.4, -0.2) is 41.5 Å². The summed E-state index contributed by atoms with van der Waals surface area (Å²) in [5.41, 5.74) is 8.10. The lowest BCUT2D eigenvalue weighted by atomic mass is 9.78. The van der Waals surface area contributed by atoms with E-state index in [1.807, 2.05) is 12.1 Å². The molecule has 1 aliphatic carbocycles. The molecule has 1 unspecified atom stereocenters. The molecule has 0 bridgehead atoms. The fraction of sp³-hybridized carbons (Fsp3) is 0.533. The molecule has 1 aromatic carbocycles. The molecule has 0 fully saturated rings. The molecule has 0 radical (unpaired) electrons. The van der Waals surface area contributed by atoms with Gasteiger partial charge in [0.2, 0.25) is 0 Å². The Kier molecular flexibility index (Phi) is 5.36. The zero-order valence-electron chi connectivity index (χ0n) is 11.8. The third kappa shape index (κ3) is 3.62. The van der Waals surface area contributed by atoms with Crippen molar-refractivity contribution in [3.05, 3.63) is 29.3 Å². The number of carbonyl (C=O) groups is 1. The summed E-state index contributed by atoms with van der Waals surface area (Å²) < 4.78 is 0. The maximum atomic E-state index is 11.3. The van der Waals surface area contributed by atoms with Crippen LogP contribution in [0.15, 0.2) is 18.2 Å². The number of carboxylic acid groups (broad SMARTS) is 1. The second-order valence-corrected chi connectivity index (χ2v) is 6.21. The number of hydrogen-bond acceptors (Lipinski definition) is 3. The number of anilines is 1. The molecule has 0 aromatic heterocycles. The van der Waals surface area contributed by atoms with Gasteiger partial charge in [-0.25, -0.2) is 0 Å². The van der Waals surface area contributed by atoms with Crippen molar-refractivity contribution >= 4 is 34.9 Å². The van der Waals surface area contributed by atoms with Gasteiger partial charge in [-0.2, -0.15) is 0 Å². The second-order valence-electron chi connectivity index (χ2n) is 5.46. The third-order valence-electron chi connectivity index (χ3n) is 4.04. The number of rotatable bonds is 6. The smallest absolute Gasteiger partial charge is 0.324 e. The number of fused-ring (bicyclic) bond motifs is 1. The molecule has 0 amide bonds. The van der Waals surface area contributed by atoms with E-state index in [1.165, 1.54) is 5.56 Å². The van der Waals surface area contributed by atoms with Gasteiger partial charge in [0.05, 0.1) is 0 Å². The fourth-order valence-corrected chi connectivity index (χ4v) is 3.16. The molecule has 1 atom stereocenters. The average Bonchev–Trinajstić information content (AvgIpc) is 2.46. The van der Waals surface area contributed by atoms with Crippen molar-refractivity contribution in [3.63, 3.8) is 0 Å². The third-order valence-corrected chi connectivity index (χ3v) is 4.37. The quantitative estimate of drug-likeness (QED) is 0.785. The van der Waals surface area contributed by atoms with Crippen molar-refractivity contribution in [2.24, 2.45) is 5.73 Å². The molecular weight excluding hydrogens is 311 g/mol. The number of benzene rings is 1. The van der Waals surface area contributed by atoms with Crippen LogP contribution in [0.25, 0.3) is 0 Å². The van der Waals surface area contributed by atoms with E-state index in [0.717, 1.165) is 24.3 Å². The van der Waals surface area contributed by atoms with E-state index in [-0.39, 0.29) is 0 Å². The minimum absolute atomic E-state index is 0.378. The summed E-state index contributed by atoms with van der Waals surface area (Å²) in [6, 6.07) is 6.07. The van der Waals surface area contributed by atoms with E-state index in [2.05, 4.69) is 11.0 Å². The first-order valence-corrected chi connectivity index (χ1v) is 8.08. The Morgan fingerprint density at radius 1 is 1.29 bits per heavy atom. The zero-order chi connectivity index (χ0) is 15.5. The standard InChI is InChI=1S/C15H20Cl2N2O2/c16-5-7-19(8-6-17)13-2-1-12-10-15(18,14(20)21)4-3-11(12)9-13/h1-2,9H,3-8,10,18H2,(H,20,21). The molecule has 0 saturated heterocycles. The Bertz CT molecular complexity index is 518. The minimum atomic E-state index is -1.14. The summed E-state index contributed by atoms with van der Waals surface area (Å²) >= 11 is 11.7. The van der Waals surface area contributed by atoms with Gasteiger partial charge >= 0.3 is 5.97 Å². The molecule has 116 valence electrons. The van der Waals surface area contributed by atoms with Crippen LogP contribution in [0.3, 0.4) is 0 Å². The van der Waals surface area contributed by atoms with Crippen molar-refractivity contribution in [2.45, 2.75) is 24.8 Å². The van der Waals surface area contributed by atoms with Crippen LogP contribution in [0, 0.1) is 0 Å². The van der Waals surface area contributed by atoms with E-state index < -0.39 is 11.5 Å². The van der Waals surface area contributed by atoms with Gasteiger partial charge in [-0.15, -0.1) is 23.2 Å². The van der Waals surface area contributed by atoms with Gasteiger partial charge < -0.3 is 15.7 Å². The maximum Gasteiger partial charge on any atom is 0.324 e. The number of alkyl halides is 2. The first kappa shape index (κ1) is 16.4. The highest BCUT2D eigenvalue weighted by Gasteiger charge is 2.37. The van der Waals surface area contributed by atoms with E-state index in [0.29, 0.717) is 31.0 Å². The number of hydrogen-bond donors (Lipinski definition) is 2. The maximum absolute atomic E-state index is 11.3. The molecule has 6 heteroatoms. The lowest BCUT2D eigenvalue weighted by molar-refractivity contribution is -0.143. The molecule has 3 N–H and O–H groups in total. The van der Waals surface area contributed by atoms with Crippen LogP contribution in [0.1, 0.15) is 17.5 Å². The molecule has 2 rings (SSSR count). The number of halogens is 2. The molecule has 21 heavy (non-hydrogen) atoms. The first-order valence-electron chi connectivity index (χ1n) is 7.01. The highest BCUT2D eigenvalue weighted by Crippen LogP contribution is 2.30. The van der Waals surface area contributed by atoms with Gasteiger partial charge in [0.1, 0.15) is 5.54 Å². The Morgan fingerprint density at radius 2 is 1.95 bits per heavy atom. The molecule has 0 saturated carbocycles. The topological polar surface area (TPSA) is 66.6 Å². The summed E-state index contributed by atoms with van der Waals surface area (Å²) in [6.07, 6.45) is 1.52. The van der Waals surface area contributed by atoms with Crippen molar-refractivity contribution in [1.82, 2.24) is 0 Å². The Labute approximate surface area is 134 Å². The van der Waals surface area contributed by atoms with Crippen LogP contribution in [0.4, 0.5) is 5.69 Å². The van der Waals surface area contributed by atoms with Crippen molar-refractivity contribution < 1.29 is 9.90 Å². The number of carboxylic acids is 1. The number of aliphatic carboxylic acids is 1. The minimum Gasteiger partial charge on any atom is -0.480 e. The average molecular weight is 331 g/mol. The zero-order valence-corrected chi connectivity index (χ0v) is 13.3. The lowest BCUT2D eigenvalue weighted by Crippen LogP contribution is -2.52. The molecule has 1 aromatic rings. The largest absolute Gasteiger partial charge is 0.480 e. The lowest BCUT2D eigenvalue weighted by Gasteiger charge is -2.32. The van der Waals surface area contributed by atoms with Crippen LogP contribution >= 0.6 is 23.2 Å². The van der Waals surface area contributed by atoms with Crippen molar-refractivity contribution in [3.8, 4) is 0 Å². The van der Waals surface area contributed by atoms with Crippen LogP contribution in [0.5, 0.6) is 0 Å². The van der Waals surface area contributed by atoms with Crippen LogP contribution in [-0.2, 0) is 17.6 Å². The molecule has 0 aliphatic heterocycles. The normalized spacial score (nSPS) is 20.9. The molecular formula is C15H20Cl2N2O2. The van der Waals surface area contributed by atoms with E-state index >= 15 is 0 Å². The number of nitrogens with two attached hydrogens (primary N) is 1. The van der Waals surface area contributed by atoms with E-state index in [9.17, 15) is 9.90 Å². The highest BCUT2D eigenvalue weighted by atomic mass is 35.5. The predicted octanol–water partition coefficient (Wildman–Crippen LogP) is 2.24. The molecule has 0 spiro atoms. The summed E-state index contributed by atoms with van der Waals surface area (Å²) in [5.74, 6) is 0.153. The molecule has 0 heterocycles. The van der Waals surface area contributed by atoms with Crippen LogP contribution < -0.4 is 10.6 Å². The van der Waals surface area contributed by atoms with Gasteiger partial charge in [-0.3, -0.25) is 4.79 Å². The molecule has 1 aliphatic rings. The van der Waals surface area contributed by atoms with Gasteiger partial charge in [0.15, 0.2) is 0 Å². The number of nitrogens with zero attached hydrogens (tertiary/aromatic N) is 1. The Balaban J connectivity index is 2.23. The summed E-state index contributed by atoms with van der Waals surface area (Å²) in [5, 5.41) is 9.24. The summed E-state index contributed by atoms with van der Waals surface area (Å²) in [6.45, 7) is 1.48. The fourth-order valence-electron chi connectivity index (χ4n) is 2.76. The van der Waals surface area contributed by atoms with Gasteiger partial charge in [-0.1, -0.05) is 6.07 Å². The van der Waals surface area contributed by atoms with Crippen LogP contribution in [0.2, 0.25) is 0 Å². The molecule has 4 nitrogen and oxygen atoms in total. The van der Waals surface area contributed by atoms with E-state index in [4.69, 9.17) is 28.9 Å². The summed E-state index contributed by atoms with van der Waals surface area (Å²) in [4.78, 5) is 13.4. The second kappa shape index (κ2) is 6.86. The predicted molar refractivity (Wildman–Crippen MR) is 86.7 cm³/mol. The summed E-state index contributed by atoms with van der Waals surface area (Å²) in [7, 11) is 0. The van der Waals surface area contributed by atoms with Gasteiger partial charge in [0, 0.05) is 37.0 Å².